The van der Waals surface area contributed by atoms with Crippen LogP contribution in [0.2, 0.25) is 0 Å². The molecule has 0 aromatic heterocycles. The van der Waals surface area contributed by atoms with E-state index in [9.17, 15) is 9.59 Å². The molecule has 1 aliphatic rings. The van der Waals surface area contributed by atoms with Crippen LogP contribution >= 0.6 is 0 Å². The first-order chi connectivity index (χ1) is 19.1. The largest absolute Gasteiger partial charge is 0.462 e. The zero-order chi connectivity index (χ0) is 29.1. The summed E-state index contributed by atoms with van der Waals surface area (Å²) in [6, 6.07) is 19.4. The fraction of sp³-hybridized carbons (Fsp3) is 0.500. The predicted molar refractivity (Wildman–Crippen MR) is 150 cm³/mol. The Labute approximate surface area is 237 Å². The molecule has 2 aromatic rings. The van der Waals surface area contributed by atoms with Crippen molar-refractivity contribution in [1.82, 2.24) is 0 Å². The summed E-state index contributed by atoms with van der Waals surface area (Å²) in [7, 11) is 1.51. The molecule has 1 saturated heterocycles. The molecule has 0 N–H and O–H groups in total. The highest BCUT2D eigenvalue weighted by Crippen LogP contribution is 2.31. The lowest BCUT2D eigenvalue weighted by Gasteiger charge is -2.45. The minimum Gasteiger partial charge on any atom is -0.462 e. The summed E-state index contributed by atoms with van der Waals surface area (Å²) in [6.45, 7) is 11.3. The predicted octanol–water partition coefficient (Wildman–Crippen LogP) is 5.24. The zero-order valence-electron chi connectivity index (χ0n) is 24.1. The molecule has 0 unspecified atom stereocenters. The summed E-state index contributed by atoms with van der Waals surface area (Å²) in [5.41, 5.74) is 1.17. The average Bonchev–Trinajstić information content (AvgIpc) is 2.94. The van der Waals surface area contributed by atoms with Crippen LogP contribution in [-0.2, 0) is 51.2 Å². The molecular formula is C32H42O8. The normalized spacial score (nSPS) is 23.7. The van der Waals surface area contributed by atoms with Crippen LogP contribution in [0.5, 0.6) is 0 Å². The Hall–Kier alpha value is -3.04. The van der Waals surface area contributed by atoms with Crippen molar-refractivity contribution in [2.24, 2.45) is 11.3 Å². The Morgan fingerprint density at radius 2 is 1.48 bits per heavy atom. The maximum Gasteiger partial charge on any atom is 0.311 e. The lowest BCUT2D eigenvalue weighted by molar-refractivity contribution is -0.316. The van der Waals surface area contributed by atoms with Gasteiger partial charge in [0.1, 0.15) is 24.9 Å². The minimum atomic E-state index is -0.937. The van der Waals surface area contributed by atoms with Crippen molar-refractivity contribution in [1.29, 1.82) is 0 Å². The summed E-state index contributed by atoms with van der Waals surface area (Å²) >= 11 is 0. The van der Waals surface area contributed by atoms with Crippen LogP contribution in [-0.4, -0.2) is 56.4 Å². The van der Waals surface area contributed by atoms with E-state index >= 15 is 0 Å². The lowest BCUT2D eigenvalue weighted by Crippen LogP contribution is -2.62. The highest BCUT2D eigenvalue weighted by Gasteiger charge is 2.50. The minimum absolute atomic E-state index is 0.0882. The number of ether oxygens (including phenoxy) is 6. The van der Waals surface area contributed by atoms with E-state index in [-0.39, 0.29) is 32.2 Å². The summed E-state index contributed by atoms with van der Waals surface area (Å²) < 4.78 is 36.3. The second-order valence-corrected chi connectivity index (χ2v) is 11.0. The van der Waals surface area contributed by atoms with E-state index in [2.05, 4.69) is 6.58 Å². The Morgan fingerprint density at radius 3 is 1.98 bits per heavy atom. The fourth-order valence-corrected chi connectivity index (χ4v) is 4.16. The van der Waals surface area contributed by atoms with Gasteiger partial charge < -0.3 is 28.4 Å². The topological polar surface area (TPSA) is 89.5 Å². The number of esters is 2. The van der Waals surface area contributed by atoms with E-state index in [0.717, 1.165) is 11.1 Å². The first-order valence-electron chi connectivity index (χ1n) is 13.6. The number of rotatable bonds is 13. The molecule has 3 rings (SSSR count). The Balaban J connectivity index is 1.92. The lowest BCUT2D eigenvalue weighted by atomic mass is 9.96. The molecule has 218 valence electrons. The summed E-state index contributed by atoms with van der Waals surface area (Å²) in [6.07, 6.45) is -2.38. The van der Waals surface area contributed by atoms with E-state index in [1.54, 1.807) is 26.8 Å². The summed E-state index contributed by atoms with van der Waals surface area (Å²) in [5.74, 6) is -0.937. The van der Waals surface area contributed by atoms with Crippen LogP contribution in [0.15, 0.2) is 73.3 Å². The van der Waals surface area contributed by atoms with Gasteiger partial charge in [-0.15, -0.1) is 6.58 Å². The van der Waals surface area contributed by atoms with Gasteiger partial charge in [0.25, 0.3) is 0 Å². The maximum atomic E-state index is 13.0. The number of methoxy groups -OCH3 is 1. The standard InChI is InChI=1S/C32H42O8/c1-7-22(2)18-26(33)40-27-25(21-38-31(34)32(3,4)5)39-30(35-6)29(37-20-24-16-12-9-13-17-24)28(27)36-19-23-14-10-8-11-15-23/h7-17,22,25,27-30H,1,18-21H2,2-6H3/t22-,25+,27+,28-,29+,30-/m0/s1. The van der Waals surface area contributed by atoms with E-state index in [4.69, 9.17) is 28.4 Å². The molecule has 2 aromatic carbocycles. The summed E-state index contributed by atoms with van der Waals surface area (Å²) in [4.78, 5) is 25.6. The van der Waals surface area contributed by atoms with Gasteiger partial charge in [0.15, 0.2) is 12.4 Å². The molecule has 6 atom stereocenters. The molecule has 0 saturated carbocycles. The summed E-state index contributed by atoms with van der Waals surface area (Å²) in [5, 5.41) is 0. The van der Waals surface area contributed by atoms with Gasteiger partial charge in [0, 0.05) is 7.11 Å². The van der Waals surface area contributed by atoms with Crippen molar-refractivity contribution >= 4 is 11.9 Å². The van der Waals surface area contributed by atoms with Crippen LogP contribution < -0.4 is 0 Å². The van der Waals surface area contributed by atoms with Gasteiger partial charge >= 0.3 is 11.9 Å². The molecular weight excluding hydrogens is 512 g/mol. The van der Waals surface area contributed by atoms with E-state index in [1.807, 2.05) is 67.6 Å². The molecule has 8 heteroatoms. The highest BCUT2D eigenvalue weighted by molar-refractivity contribution is 5.75. The monoisotopic (exact) mass is 554 g/mol. The molecule has 0 spiro atoms. The third-order valence-corrected chi connectivity index (χ3v) is 6.54. The van der Waals surface area contributed by atoms with Gasteiger partial charge in [0.2, 0.25) is 0 Å². The van der Waals surface area contributed by atoms with Crippen LogP contribution in [0.4, 0.5) is 0 Å². The molecule has 0 bridgehead atoms. The van der Waals surface area contributed by atoms with Gasteiger partial charge in [-0.3, -0.25) is 9.59 Å². The van der Waals surface area contributed by atoms with Crippen molar-refractivity contribution in [3.05, 3.63) is 84.4 Å². The fourth-order valence-electron chi connectivity index (χ4n) is 4.16. The van der Waals surface area contributed by atoms with E-state index in [0.29, 0.717) is 0 Å². The van der Waals surface area contributed by atoms with E-state index in [1.165, 1.54) is 7.11 Å². The van der Waals surface area contributed by atoms with Crippen LogP contribution in [0.1, 0.15) is 45.2 Å². The molecule has 1 fully saturated rings. The van der Waals surface area contributed by atoms with Gasteiger partial charge in [-0.2, -0.15) is 0 Å². The Bertz CT molecular complexity index is 1070. The van der Waals surface area contributed by atoms with Gasteiger partial charge in [-0.05, 0) is 37.8 Å². The first kappa shape index (κ1) is 31.5. The Kier molecular flexibility index (Phi) is 11.9. The molecule has 8 nitrogen and oxygen atoms in total. The number of hydrogen-bond acceptors (Lipinski definition) is 8. The molecule has 0 aliphatic carbocycles. The molecule has 1 aliphatic heterocycles. The molecule has 0 radical (unpaired) electrons. The number of allylic oxidation sites excluding steroid dienone is 1. The highest BCUT2D eigenvalue weighted by atomic mass is 16.7. The molecule has 0 amide bonds. The first-order valence-corrected chi connectivity index (χ1v) is 13.6. The van der Waals surface area contributed by atoms with Gasteiger partial charge in [0.05, 0.1) is 25.0 Å². The average molecular weight is 555 g/mol. The SMILES string of the molecule is C=C[C@H](C)CC(=O)O[C@H]1[C@H](OCc2ccccc2)[C@@H](OCc2ccccc2)[C@@H](OC)O[C@@H]1COC(=O)C(C)(C)C. The molecule has 40 heavy (non-hydrogen) atoms. The number of carbonyl (C=O) groups excluding carboxylic acids is 2. The maximum absolute atomic E-state index is 13.0. The number of benzene rings is 2. The van der Waals surface area contributed by atoms with Crippen molar-refractivity contribution in [3.8, 4) is 0 Å². The third kappa shape index (κ3) is 9.27. The van der Waals surface area contributed by atoms with Crippen molar-refractivity contribution < 1.29 is 38.0 Å². The quantitative estimate of drug-likeness (QED) is 0.245. The second-order valence-electron chi connectivity index (χ2n) is 11.0. The van der Waals surface area contributed by atoms with Crippen molar-refractivity contribution in [2.75, 3.05) is 13.7 Å². The van der Waals surface area contributed by atoms with Crippen molar-refractivity contribution in [2.45, 2.75) is 78.0 Å². The second kappa shape index (κ2) is 15.1. The van der Waals surface area contributed by atoms with Crippen LogP contribution in [0.3, 0.4) is 0 Å². The van der Waals surface area contributed by atoms with Crippen LogP contribution in [0.25, 0.3) is 0 Å². The smallest absolute Gasteiger partial charge is 0.311 e. The molecule has 1 heterocycles. The van der Waals surface area contributed by atoms with Crippen LogP contribution in [0, 0.1) is 11.3 Å². The van der Waals surface area contributed by atoms with Gasteiger partial charge in [-0.1, -0.05) is 73.7 Å². The number of carbonyl (C=O) groups is 2. The van der Waals surface area contributed by atoms with Gasteiger partial charge in [-0.25, -0.2) is 0 Å². The third-order valence-electron chi connectivity index (χ3n) is 6.54. The number of hydrogen-bond donors (Lipinski definition) is 0. The van der Waals surface area contributed by atoms with Crippen molar-refractivity contribution in [3.63, 3.8) is 0 Å². The Morgan fingerprint density at radius 1 is 0.925 bits per heavy atom. The zero-order valence-corrected chi connectivity index (χ0v) is 24.1. The van der Waals surface area contributed by atoms with E-state index < -0.39 is 48.1 Å².